The predicted molar refractivity (Wildman–Crippen MR) is 109 cm³/mol. The minimum atomic E-state index is -3.80. The monoisotopic (exact) mass is 455 g/mol. The number of rotatable bonds is 7. The van der Waals surface area contributed by atoms with Crippen molar-refractivity contribution in [3.63, 3.8) is 0 Å². The molecule has 0 atom stereocenters. The Balaban J connectivity index is 1.58. The van der Waals surface area contributed by atoms with Gasteiger partial charge in [-0.2, -0.15) is 4.31 Å². The van der Waals surface area contributed by atoms with E-state index in [0.717, 1.165) is 21.2 Å². The number of carbonyl (C=O) groups excluding carboxylic acids is 3. The number of hydrogen-bond acceptors (Lipinski definition) is 6. The predicted octanol–water partition coefficient (Wildman–Crippen LogP) is 2.31. The van der Waals surface area contributed by atoms with Crippen molar-refractivity contribution < 1.29 is 22.8 Å². The summed E-state index contributed by atoms with van der Waals surface area (Å²) < 4.78 is 26.2. The molecule has 1 aliphatic rings. The molecule has 1 aromatic heterocycles. The minimum absolute atomic E-state index is 0.0631. The van der Waals surface area contributed by atoms with Gasteiger partial charge in [0, 0.05) is 25.6 Å². The van der Waals surface area contributed by atoms with Gasteiger partial charge < -0.3 is 5.32 Å². The molecule has 154 valence electrons. The lowest BCUT2D eigenvalue weighted by Crippen LogP contribution is -2.34. The van der Waals surface area contributed by atoms with Gasteiger partial charge in [0.2, 0.25) is 17.7 Å². The average Bonchev–Trinajstić information content (AvgIpc) is 3.24. The largest absolute Gasteiger partial charge is 0.325 e. The Bertz CT molecular complexity index is 1030. The molecule has 2 aromatic rings. The van der Waals surface area contributed by atoms with Gasteiger partial charge in [-0.3, -0.25) is 19.3 Å². The number of halogens is 1. The number of nitrogens with zero attached hydrogens (tertiary/aromatic N) is 2. The molecule has 0 aliphatic carbocycles. The van der Waals surface area contributed by atoms with Crippen LogP contribution in [-0.4, -0.2) is 48.9 Å². The van der Waals surface area contributed by atoms with E-state index in [9.17, 15) is 22.8 Å². The molecule has 29 heavy (non-hydrogen) atoms. The van der Waals surface area contributed by atoms with Crippen LogP contribution in [0.3, 0.4) is 0 Å². The molecular formula is C18H18ClN3O5S2. The third-order valence-corrected chi connectivity index (χ3v) is 7.81. The Morgan fingerprint density at radius 3 is 2.31 bits per heavy atom. The Morgan fingerprint density at radius 2 is 1.76 bits per heavy atom. The van der Waals surface area contributed by atoms with E-state index in [1.165, 1.54) is 24.1 Å². The molecule has 1 saturated heterocycles. The smallest absolute Gasteiger partial charge is 0.252 e. The van der Waals surface area contributed by atoms with Crippen molar-refractivity contribution in [2.75, 3.05) is 18.9 Å². The fourth-order valence-electron chi connectivity index (χ4n) is 2.75. The van der Waals surface area contributed by atoms with E-state index < -0.39 is 15.9 Å². The fraction of sp³-hybridized carbons (Fsp3) is 0.278. The van der Waals surface area contributed by atoms with Crippen LogP contribution in [0.1, 0.15) is 18.4 Å². The highest BCUT2D eigenvalue weighted by Gasteiger charge is 2.28. The van der Waals surface area contributed by atoms with Gasteiger partial charge in [-0.25, -0.2) is 8.42 Å². The zero-order valence-corrected chi connectivity index (χ0v) is 17.8. The first-order valence-electron chi connectivity index (χ1n) is 8.60. The van der Waals surface area contributed by atoms with Gasteiger partial charge in [-0.05, 0) is 29.8 Å². The van der Waals surface area contributed by atoms with Crippen LogP contribution in [0.15, 0.2) is 40.6 Å². The lowest BCUT2D eigenvalue weighted by atomic mass is 10.2. The molecule has 3 rings (SSSR count). The zero-order valence-electron chi connectivity index (χ0n) is 15.4. The second-order valence-electron chi connectivity index (χ2n) is 6.44. The van der Waals surface area contributed by atoms with Crippen LogP contribution >= 0.6 is 22.9 Å². The molecule has 1 fully saturated rings. The number of nitrogens with one attached hydrogen (secondary N) is 1. The number of amides is 3. The number of likely N-dealkylation sites (N-methyl/N-ethyl adjacent to an activating group) is 1. The number of hydrogen-bond donors (Lipinski definition) is 1. The van der Waals surface area contributed by atoms with Crippen LogP contribution < -0.4 is 5.32 Å². The maximum absolute atomic E-state index is 12.4. The third-order valence-electron chi connectivity index (χ3n) is 4.31. The molecule has 0 saturated carbocycles. The van der Waals surface area contributed by atoms with Gasteiger partial charge in [0.1, 0.15) is 4.21 Å². The van der Waals surface area contributed by atoms with Crippen LogP contribution in [0.2, 0.25) is 4.34 Å². The molecule has 1 N–H and O–H groups in total. The van der Waals surface area contributed by atoms with Crippen LogP contribution in [0.5, 0.6) is 0 Å². The SMILES string of the molecule is CN(CC(=O)Nc1ccc(CN2C(=O)CCC2=O)cc1)S(=O)(=O)c1ccc(Cl)s1. The summed E-state index contributed by atoms with van der Waals surface area (Å²) in [4.78, 5) is 36.8. The van der Waals surface area contributed by atoms with E-state index >= 15 is 0 Å². The van der Waals surface area contributed by atoms with Crippen molar-refractivity contribution in [2.24, 2.45) is 0 Å². The normalized spacial score (nSPS) is 14.7. The highest BCUT2D eigenvalue weighted by Crippen LogP contribution is 2.27. The van der Waals surface area contributed by atoms with Crippen molar-refractivity contribution in [3.05, 3.63) is 46.3 Å². The van der Waals surface area contributed by atoms with Crippen molar-refractivity contribution >= 4 is 56.4 Å². The molecule has 1 aliphatic heterocycles. The molecular weight excluding hydrogens is 438 g/mol. The van der Waals surface area contributed by atoms with E-state index in [0.29, 0.717) is 10.0 Å². The summed E-state index contributed by atoms with van der Waals surface area (Å²) in [6.07, 6.45) is 0.474. The first kappa shape index (κ1) is 21.4. The lowest BCUT2D eigenvalue weighted by molar-refractivity contribution is -0.139. The summed E-state index contributed by atoms with van der Waals surface area (Å²) >= 11 is 6.70. The number of sulfonamides is 1. The second kappa shape index (κ2) is 8.62. The number of anilines is 1. The van der Waals surface area contributed by atoms with Gasteiger partial charge in [-0.1, -0.05) is 23.7 Å². The van der Waals surface area contributed by atoms with Gasteiger partial charge in [0.25, 0.3) is 10.0 Å². The Kier molecular flexibility index (Phi) is 6.37. The number of likely N-dealkylation sites (tertiary alicyclic amines) is 1. The molecule has 1 aromatic carbocycles. The quantitative estimate of drug-likeness (QED) is 0.645. The summed E-state index contributed by atoms with van der Waals surface area (Å²) in [6.45, 7) is -0.174. The Hall–Kier alpha value is -2.27. The maximum Gasteiger partial charge on any atom is 0.252 e. The first-order chi connectivity index (χ1) is 13.7. The van der Waals surface area contributed by atoms with Crippen molar-refractivity contribution in [1.29, 1.82) is 0 Å². The molecule has 0 unspecified atom stereocenters. The van der Waals surface area contributed by atoms with Crippen molar-refractivity contribution in [1.82, 2.24) is 9.21 Å². The average molecular weight is 456 g/mol. The van der Waals surface area contributed by atoms with E-state index in [2.05, 4.69) is 5.32 Å². The standard InChI is InChI=1S/C18H18ClN3O5S2/c1-21(29(26,27)18-9-6-14(19)28-18)11-15(23)20-13-4-2-12(3-5-13)10-22-16(24)7-8-17(22)25/h2-6,9H,7-8,10-11H2,1H3,(H,20,23). The van der Waals surface area contributed by atoms with Gasteiger partial charge >= 0.3 is 0 Å². The summed E-state index contributed by atoms with van der Waals surface area (Å²) in [5.74, 6) is -0.885. The number of benzene rings is 1. The highest BCUT2D eigenvalue weighted by molar-refractivity contribution is 7.91. The molecule has 11 heteroatoms. The fourth-order valence-corrected chi connectivity index (χ4v) is 5.57. The summed E-state index contributed by atoms with van der Waals surface area (Å²) in [5, 5.41) is 2.62. The van der Waals surface area contributed by atoms with Crippen LogP contribution in [-0.2, 0) is 31.0 Å². The summed E-state index contributed by atoms with van der Waals surface area (Å²) in [5.41, 5.74) is 1.23. The van der Waals surface area contributed by atoms with E-state index in [-0.39, 0.29) is 42.0 Å². The summed E-state index contributed by atoms with van der Waals surface area (Å²) in [7, 11) is -2.48. The molecule has 2 heterocycles. The third kappa shape index (κ3) is 5.02. The maximum atomic E-state index is 12.4. The Labute approximate surface area is 177 Å². The molecule has 0 spiro atoms. The van der Waals surface area contributed by atoms with Crippen molar-refractivity contribution in [2.45, 2.75) is 23.6 Å². The molecule has 3 amide bonds. The number of thiophene rings is 1. The van der Waals surface area contributed by atoms with Gasteiger partial charge in [0.15, 0.2) is 0 Å². The van der Waals surface area contributed by atoms with Crippen LogP contribution in [0.4, 0.5) is 5.69 Å². The van der Waals surface area contributed by atoms with Gasteiger partial charge in [-0.15, -0.1) is 11.3 Å². The van der Waals surface area contributed by atoms with E-state index in [1.807, 2.05) is 0 Å². The molecule has 0 radical (unpaired) electrons. The van der Waals surface area contributed by atoms with Gasteiger partial charge in [0.05, 0.1) is 17.4 Å². The van der Waals surface area contributed by atoms with E-state index in [1.54, 1.807) is 24.3 Å². The van der Waals surface area contributed by atoms with E-state index in [4.69, 9.17) is 11.6 Å². The number of imide groups is 1. The highest BCUT2D eigenvalue weighted by atomic mass is 35.5. The second-order valence-corrected chi connectivity index (χ2v) is 10.4. The Morgan fingerprint density at radius 1 is 1.14 bits per heavy atom. The lowest BCUT2D eigenvalue weighted by Gasteiger charge is -2.16. The van der Waals surface area contributed by atoms with Crippen molar-refractivity contribution in [3.8, 4) is 0 Å². The molecule has 0 bridgehead atoms. The minimum Gasteiger partial charge on any atom is -0.325 e. The topological polar surface area (TPSA) is 104 Å². The first-order valence-corrected chi connectivity index (χ1v) is 11.2. The van der Waals surface area contributed by atoms with Crippen LogP contribution in [0.25, 0.3) is 0 Å². The number of carbonyl (C=O) groups is 3. The van der Waals surface area contributed by atoms with Crippen LogP contribution in [0, 0.1) is 0 Å². The summed E-state index contributed by atoms with van der Waals surface area (Å²) in [6, 6.07) is 9.53. The molecule has 8 nitrogen and oxygen atoms in total. The zero-order chi connectivity index (χ0) is 21.2.